The summed E-state index contributed by atoms with van der Waals surface area (Å²) in [4.78, 5) is 10.6. The van der Waals surface area contributed by atoms with Gasteiger partial charge in [0.05, 0.1) is 9.40 Å². The van der Waals surface area contributed by atoms with Gasteiger partial charge in [-0.25, -0.2) is 0 Å². The summed E-state index contributed by atoms with van der Waals surface area (Å²) in [5.41, 5.74) is 3.34. The van der Waals surface area contributed by atoms with Crippen LogP contribution in [0.5, 0.6) is 0 Å². The number of nitro benzene ring substituents is 1. The number of hydrogen-bond acceptors (Lipinski definition) is 3. The van der Waals surface area contributed by atoms with Crippen molar-refractivity contribution in [3.8, 4) is 0 Å². The standard InChI is InChI=1S/C16H17BrN2O2/c1-2-5-13-6-3-4-7-15(13)18-11-12-8-9-14(17)16(10-12)19(20)21/h3-4,6-10,18H,2,5,11H2,1H3. The van der Waals surface area contributed by atoms with Gasteiger partial charge in [-0.2, -0.15) is 0 Å². The lowest BCUT2D eigenvalue weighted by Gasteiger charge is -2.11. The molecule has 2 rings (SSSR count). The average molecular weight is 349 g/mol. The van der Waals surface area contributed by atoms with E-state index in [4.69, 9.17) is 0 Å². The first-order valence-electron chi connectivity index (χ1n) is 6.86. The van der Waals surface area contributed by atoms with E-state index in [1.54, 1.807) is 12.1 Å². The van der Waals surface area contributed by atoms with Gasteiger partial charge in [0.15, 0.2) is 0 Å². The molecule has 0 aliphatic carbocycles. The number of halogens is 1. The highest BCUT2D eigenvalue weighted by molar-refractivity contribution is 9.10. The Morgan fingerprint density at radius 2 is 2.00 bits per heavy atom. The maximum absolute atomic E-state index is 10.9. The summed E-state index contributed by atoms with van der Waals surface area (Å²) in [6.45, 7) is 2.71. The molecule has 0 aliphatic heterocycles. The van der Waals surface area contributed by atoms with Crippen molar-refractivity contribution in [1.82, 2.24) is 0 Å². The molecule has 0 heterocycles. The predicted molar refractivity (Wildman–Crippen MR) is 88.6 cm³/mol. The fraction of sp³-hybridized carbons (Fsp3) is 0.250. The van der Waals surface area contributed by atoms with Crippen molar-refractivity contribution in [2.45, 2.75) is 26.3 Å². The topological polar surface area (TPSA) is 55.2 Å². The molecule has 21 heavy (non-hydrogen) atoms. The molecular weight excluding hydrogens is 332 g/mol. The summed E-state index contributed by atoms with van der Waals surface area (Å²) in [7, 11) is 0. The molecule has 0 aliphatic rings. The van der Waals surface area contributed by atoms with E-state index in [-0.39, 0.29) is 10.6 Å². The third-order valence-corrected chi connectivity index (χ3v) is 3.90. The summed E-state index contributed by atoms with van der Waals surface area (Å²) >= 11 is 3.20. The second-order valence-corrected chi connectivity index (χ2v) is 5.66. The highest BCUT2D eigenvalue weighted by Gasteiger charge is 2.12. The maximum Gasteiger partial charge on any atom is 0.283 e. The van der Waals surface area contributed by atoms with E-state index in [1.165, 1.54) is 5.56 Å². The Hall–Kier alpha value is -1.88. The van der Waals surface area contributed by atoms with Gasteiger partial charge >= 0.3 is 0 Å². The fourth-order valence-electron chi connectivity index (χ4n) is 2.19. The van der Waals surface area contributed by atoms with Crippen LogP contribution in [0.3, 0.4) is 0 Å². The van der Waals surface area contributed by atoms with Gasteiger partial charge in [-0.3, -0.25) is 10.1 Å². The van der Waals surface area contributed by atoms with E-state index in [0.717, 1.165) is 24.1 Å². The number of nitrogens with one attached hydrogen (secondary N) is 1. The van der Waals surface area contributed by atoms with Crippen LogP contribution >= 0.6 is 15.9 Å². The monoisotopic (exact) mass is 348 g/mol. The molecule has 0 amide bonds. The Kier molecular flexibility index (Phi) is 5.33. The van der Waals surface area contributed by atoms with Crippen molar-refractivity contribution in [2.24, 2.45) is 0 Å². The van der Waals surface area contributed by atoms with Gasteiger partial charge in [0.25, 0.3) is 5.69 Å². The predicted octanol–water partition coefficient (Wildman–Crippen LogP) is 4.92. The van der Waals surface area contributed by atoms with Crippen LogP contribution in [0.2, 0.25) is 0 Å². The molecular formula is C16H17BrN2O2. The van der Waals surface area contributed by atoms with Crippen molar-refractivity contribution in [1.29, 1.82) is 0 Å². The van der Waals surface area contributed by atoms with E-state index in [9.17, 15) is 10.1 Å². The molecule has 0 unspecified atom stereocenters. The molecule has 0 bridgehead atoms. The Morgan fingerprint density at radius 3 is 2.71 bits per heavy atom. The molecule has 1 N–H and O–H groups in total. The summed E-state index contributed by atoms with van der Waals surface area (Å²) in [6, 6.07) is 13.4. The first-order valence-corrected chi connectivity index (χ1v) is 7.65. The molecule has 110 valence electrons. The third kappa shape index (κ3) is 4.04. The molecule has 4 nitrogen and oxygen atoms in total. The summed E-state index contributed by atoms with van der Waals surface area (Å²) in [5.74, 6) is 0. The van der Waals surface area contributed by atoms with Gasteiger partial charge < -0.3 is 5.32 Å². The Bertz CT molecular complexity index is 644. The number of aryl methyl sites for hydroxylation is 1. The molecule has 0 radical (unpaired) electrons. The van der Waals surface area contributed by atoms with Gasteiger partial charge in [-0.1, -0.05) is 37.6 Å². The minimum absolute atomic E-state index is 0.0937. The minimum atomic E-state index is -0.376. The third-order valence-electron chi connectivity index (χ3n) is 3.23. The number of hydrogen-bond donors (Lipinski definition) is 1. The highest BCUT2D eigenvalue weighted by atomic mass is 79.9. The number of nitro groups is 1. The van der Waals surface area contributed by atoms with Crippen LogP contribution in [0, 0.1) is 10.1 Å². The van der Waals surface area contributed by atoms with Crippen LogP contribution in [0.15, 0.2) is 46.9 Å². The summed E-state index contributed by atoms with van der Waals surface area (Å²) in [5, 5.41) is 14.3. The first kappa shape index (κ1) is 15.5. The lowest BCUT2D eigenvalue weighted by Crippen LogP contribution is -2.03. The van der Waals surface area contributed by atoms with E-state index in [1.807, 2.05) is 24.3 Å². The lowest BCUT2D eigenvalue weighted by molar-refractivity contribution is -0.385. The zero-order chi connectivity index (χ0) is 15.2. The van der Waals surface area contributed by atoms with Crippen LogP contribution in [-0.2, 0) is 13.0 Å². The van der Waals surface area contributed by atoms with Crippen LogP contribution in [0.1, 0.15) is 24.5 Å². The van der Waals surface area contributed by atoms with Crippen LogP contribution in [-0.4, -0.2) is 4.92 Å². The molecule has 2 aromatic carbocycles. The number of para-hydroxylation sites is 1. The van der Waals surface area contributed by atoms with Crippen molar-refractivity contribution < 1.29 is 4.92 Å². The molecule has 0 saturated heterocycles. The van der Waals surface area contributed by atoms with Gasteiger partial charge in [-0.05, 0) is 45.6 Å². The van der Waals surface area contributed by atoms with Gasteiger partial charge in [0, 0.05) is 18.3 Å². The van der Waals surface area contributed by atoms with Gasteiger partial charge in [0.1, 0.15) is 0 Å². The normalized spacial score (nSPS) is 10.4. The summed E-state index contributed by atoms with van der Waals surface area (Å²) < 4.78 is 0.502. The molecule has 0 aromatic heterocycles. The second-order valence-electron chi connectivity index (χ2n) is 4.80. The van der Waals surface area contributed by atoms with Crippen LogP contribution in [0.4, 0.5) is 11.4 Å². The second kappa shape index (κ2) is 7.22. The molecule has 0 saturated carbocycles. The zero-order valence-electron chi connectivity index (χ0n) is 11.8. The van der Waals surface area contributed by atoms with E-state index < -0.39 is 0 Å². The summed E-state index contributed by atoms with van der Waals surface area (Å²) in [6.07, 6.45) is 2.10. The minimum Gasteiger partial charge on any atom is -0.381 e. The highest BCUT2D eigenvalue weighted by Crippen LogP contribution is 2.26. The number of benzene rings is 2. The smallest absolute Gasteiger partial charge is 0.283 e. The van der Waals surface area contributed by atoms with Crippen molar-refractivity contribution in [3.05, 3.63) is 68.2 Å². The molecule has 0 fully saturated rings. The Morgan fingerprint density at radius 1 is 1.24 bits per heavy atom. The van der Waals surface area contributed by atoms with Crippen molar-refractivity contribution in [2.75, 3.05) is 5.32 Å². The number of anilines is 1. The van der Waals surface area contributed by atoms with Crippen LogP contribution < -0.4 is 5.32 Å². The van der Waals surface area contributed by atoms with Gasteiger partial charge in [0.2, 0.25) is 0 Å². The number of rotatable bonds is 6. The Balaban J connectivity index is 2.13. The van der Waals surface area contributed by atoms with Gasteiger partial charge in [-0.15, -0.1) is 0 Å². The lowest BCUT2D eigenvalue weighted by atomic mass is 10.1. The first-order chi connectivity index (χ1) is 10.1. The van der Waals surface area contributed by atoms with Crippen molar-refractivity contribution >= 4 is 27.3 Å². The SMILES string of the molecule is CCCc1ccccc1NCc1ccc(Br)c([N+](=O)[O-])c1. The van der Waals surface area contributed by atoms with Crippen LogP contribution in [0.25, 0.3) is 0 Å². The number of nitrogens with zero attached hydrogens (tertiary/aromatic N) is 1. The molecule has 0 spiro atoms. The molecule has 0 atom stereocenters. The molecule has 2 aromatic rings. The maximum atomic E-state index is 10.9. The molecule has 5 heteroatoms. The largest absolute Gasteiger partial charge is 0.381 e. The quantitative estimate of drug-likeness (QED) is 0.595. The Labute approximate surface area is 132 Å². The van der Waals surface area contributed by atoms with Crippen molar-refractivity contribution in [3.63, 3.8) is 0 Å². The average Bonchev–Trinajstić information content (AvgIpc) is 2.47. The van der Waals surface area contributed by atoms with E-state index in [0.29, 0.717) is 11.0 Å². The van der Waals surface area contributed by atoms with E-state index in [2.05, 4.69) is 34.2 Å². The fourth-order valence-corrected chi connectivity index (χ4v) is 2.58. The van der Waals surface area contributed by atoms with E-state index >= 15 is 0 Å². The zero-order valence-corrected chi connectivity index (χ0v) is 13.4.